The van der Waals surface area contributed by atoms with E-state index in [9.17, 15) is 33.9 Å². The summed E-state index contributed by atoms with van der Waals surface area (Å²) in [6.45, 7) is 0.255. The molecule has 1 aliphatic rings. The Morgan fingerprint density at radius 3 is 2.42 bits per heavy atom. The fourth-order valence-corrected chi connectivity index (χ4v) is 4.47. The lowest BCUT2D eigenvalue weighted by molar-refractivity contribution is -0.147. The number of H-pyrrole nitrogens is 1. The van der Waals surface area contributed by atoms with Crippen LogP contribution >= 0.6 is 0 Å². The zero-order chi connectivity index (χ0) is 28.0. The highest BCUT2D eigenvalue weighted by Gasteiger charge is 2.38. The molecule has 0 spiro atoms. The lowest BCUT2D eigenvalue weighted by Gasteiger charge is -2.28. The van der Waals surface area contributed by atoms with Crippen molar-refractivity contribution >= 4 is 46.5 Å². The second-order valence-electron chi connectivity index (χ2n) is 9.09. The van der Waals surface area contributed by atoms with Crippen LogP contribution in [0.15, 0.2) is 30.5 Å². The molecule has 4 unspecified atom stereocenters. The van der Waals surface area contributed by atoms with Gasteiger partial charge in [-0.2, -0.15) is 0 Å². The Bertz CT molecular complexity index is 1240. The summed E-state index contributed by atoms with van der Waals surface area (Å²) in [6, 6.07) is 2.25. The number of primary amides is 1. The fraction of sp³-hybridized carbons (Fsp3) is 0.417. The number of carbonyl (C=O) groups is 6. The standard InChI is InChI=1S/C24H30N6O8/c25-14(8-12-11-27-15-5-2-1-4-13(12)15)23(36)30-7-3-6-18(30)22(35)28-16(9-19(26)31)21(34)29-17(24(37)38)10-20(32)33/h1-2,4-5,11,14,16-18,27H,3,6-10,25H2,(H2,26,31)(H,28,35)(H,29,34)(H,32,33)(H,37,38). The van der Waals surface area contributed by atoms with Gasteiger partial charge < -0.3 is 42.2 Å². The highest BCUT2D eigenvalue weighted by atomic mass is 16.4. The smallest absolute Gasteiger partial charge is 0.326 e. The molecule has 14 heteroatoms. The molecule has 0 aliphatic carbocycles. The molecule has 14 nitrogen and oxygen atoms in total. The minimum atomic E-state index is -1.79. The first-order valence-corrected chi connectivity index (χ1v) is 11.9. The van der Waals surface area contributed by atoms with E-state index >= 15 is 0 Å². The van der Waals surface area contributed by atoms with Gasteiger partial charge in [0.2, 0.25) is 23.6 Å². The van der Waals surface area contributed by atoms with Crippen LogP contribution in [0.1, 0.15) is 31.2 Å². The SMILES string of the molecule is NC(=O)CC(NC(=O)C1CCCN1C(=O)C(N)Cc1c[nH]c2ccccc12)C(=O)NC(CC(=O)O)C(=O)O. The van der Waals surface area contributed by atoms with Crippen molar-refractivity contribution in [3.8, 4) is 0 Å². The van der Waals surface area contributed by atoms with Gasteiger partial charge in [-0.25, -0.2) is 4.79 Å². The van der Waals surface area contributed by atoms with E-state index in [4.69, 9.17) is 16.6 Å². The first-order chi connectivity index (χ1) is 18.0. The van der Waals surface area contributed by atoms with E-state index in [2.05, 4.69) is 10.3 Å². The highest BCUT2D eigenvalue weighted by Crippen LogP contribution is 2.22. The molecule has 0 radical (unpaired) electrons. The number of hydrogen-bond acceptors (Lipinski definition) is 7. The van der Waals surface area contributed by atoms with Crippen molar-refractivity contribution in [3.05, 3.63) is 36.0 Å². The summed E-state index contributed by atoms with van der Waals surface area (Å²) in [5, 5.41) is 23.3. The largest absolute Gasteiger partial charge is 0.481 e. The molecule has 204 valence electrons. The Morgan fingerprint density at radius 2 is 1.76 bits per heavy atom. The topological polar surface area (TPSA) is 238 Å². The normalized spacial score (nSPS) is 17.4. The van der Waals surface area contributed by atoms with E-state index in [0.717, 1.165) is 16.5 Å². The molecular formula is C24H30N6O8. The molecule has 1 aliphatic heterocycles. The van der Waals surface area contributed by atoms with Gasteiger partial charge in [-0.15, -0.1) is 0 Å². The number of carboxylic acids is 2. The number of nitrogens with one attached hydrogen (secondary N) is 3. The third-order valence-corrected chi connectivity index (χ3v) is 6.30. The maximum Gasteiger partial charge on any atom is 0.326 e. The van der Waals surface area contributed by atoms with Crippen molar-refractivity contribution in [1.82, 2.24) is 20.5 Å². The Kier molecular flexibility index (Phi) is 9.02. The van der Waals surface area contributed by atoms with E-state index in [0.29, 0.717) is 6.42 Å². The first kappa shape index (κ1) is 28.1. The summed E-state index contributed by atoms with van der Waals surface area (Å²) in [5.74, 6) is -6.36. The van der Waals surface area contributed by atoms with Crippen LogP contribution in [0.2, 0.25) is 0 Å². The number of amides is 4. The van der Waals surface area contributed by atoms with E-state index in [1.54, 1.807) is 6.20 Å². The van der Waals surface area contributed by atoms with Gasteiger partial charge in [-0.05, 0) is 30.9 Å². The fourth-order valence-electron chi connectivity index (χ4n) is 4.47. The van der Waals surface area contributed by atoms with Crippen molar-refractivity contribution < 1.29 is 39.0 Å². The first-order valence-electron chi connectivity index (χ1n) is 11.9. The number of nitrogens with zero attached hydrogens (tertiary/aromatic N) is 1. The summed E-state index contributed by atoms with van der Waals surface area (Å²) >= 11 is 0. The molecule has 38 heavy (non-hydrogen) atoms. The van der Waals surface area contributed by atoms with Crippen LogP contribution in [0.25, 0.3) is 10.9 Å². The van der Waals surface area contributed by atoms with Gasteiger partial charge in [0.15, 0.2) is 0 Å². The maximum atomic E-state index is 13.2. The third-order valence-electron chi connectivity index (χ3n) is 6.30. The highest BCUT2D eigenvalue weighted by molar-refractivity contribution is 5.97. The number of aromatic nitrogens is 1. The molecule has 4 atom stereocenters. The van der Waals surface area contributed by atoms with E-state index in [1.165, 1.54) is 4.90 Å². The zero-order valence-electron chi connectivity index (χ0n) is 20.4. The van der Waals surface area contributed by atoms with Gasteiger partial charge in [0.05, 0.1) is 18.9 Å². The molecule has 0 saturated carbocycles. The monoisotopic (exact) mass is 530 g/mol. The molecule has 3 rings (SSSR count). The molecule has 2 heterocycles. The number of rotatable bonds is 12. The van der Waals surface area contributed by atoms with Crippen molar-refractivity contribution in [2.45, 2.75) is 56.3 Å². The third kappa shape index (κ3) is 6.85. The quantitative estimate of drug-likeness (QED) is 0.167. The Hall–Kier alpha value is -4.46. The minimum absolute atomic E-state index is 0.223. The maximum absolute atomic E-state index is 13.2. The number of carboxylic acid groups (broad SMARTS) is 2. The lowest BCUT2D eigenvalue weighted by atomic mass is 10.0. The average Bonchev–Trinajstić information content (AvgIpc) is 3.50. The van der Waals surface area contributed by atoms with E-state index in [-0.39, 0.29) is 19.4 Å². The molecule has 1 aromatic carbocycles. The number of aliphatic carboxylic acids is 2. The zero-order valence-corrected chi connectivity index (χ0v) is 20.4. The summed E-state index contributed by atoms with van der Waals surface area (Å²) in [5.41, 5.74) is 13.1. The predicted octanol–water partition coefficient (Wildman–Crippen LogP) is -1.57. The molecule has 2 aromatic rings. The molecular weight excluding hydrogens is 500 g/mol. The number of nitrogens with two attached hydrogens (primary N) is 2. The number of hydrogen-bond donors (Lipinski definition) is 7. The summed E-state index contributed by atoms with van der Waals surface area (Å²) in [4.78, 5) is 77.1. The number of para-hydroxylation sites is 1. The van der Waals surface area contributed by atoms with Crippen molar-refractivity contribution in [3.63, 3.8) is 0 Å². The van der Waals surface area contributed by atoms with Gasteiger partial charge in [-0.3, -0.25) is 24.0 Å². The van der Waals surface area contributed by atoms with Crippen LogP contribution in [0.4, 0.5) is 0 Å². The number of likely N-dealkylation sites (tertiary alicyclic amines) is 1. The average molecular weight is 531 g/mol. The summed E-state index contributed by atoms with van der Waals surface area (Å²) in [7, 11) is 0. The van der Waals surface area contributed by atoms with Gasteiger partial charge in [0, 0.05) is 23.6 Å². The molecule has 1 aromatic heterocycles. The minimum Gasteiger partial charge on any atom is -0.481 e. The number of carbonyl (C=O) groups excluding carboxylic acids is 4. The van der Waals surface area contributed by atoms with E-state index in [1.807, 2.05) is 29.6 Å². The van der Waals surface area contributed by atoms with Crippen LogP contribution in [-0.2, 0) is 35.2 Å². The number of aromatic amines is 1. The van der Waals surface area contributed by atoms with Crippen molar-refractivity contribution in [2.75, 3.05) is 6.54 Å². The van der Waals surface area contributed by atoms with E-state index < -0.39 is 72.6 Å². The lowest BCUT2D eigenvalue weighted by Crippen LogP contribution is -2.57. The van der Waals surface area contributed by atoms with Crippen LogP contribution in [0.3, 0.4) is 0 Å². The van der Waals surface area contributed by atoms with Gasteiger partial charge in [0.1, 0.15) is 18.1 Å². The summed E-state index contributed by atoms with van der Waals surface area (Å²) in [6.07, 6.45) is 1.18. The molecule has 1 saturated heterocycles. The second kappa shape index (κ2) is 12.2. The Labute approximate surface area is 216 Å². The van der Waals surface area contributed by atoms with Crippen molar-refractivity contribution in [1.29, 1.82) is 0 Å². The Balaban J connectivity index is 1.68. The van der Waals surface area contributed by atoms with Crippen LogP contribution in [0, 0.1) is 0 Å². The predicted molar refractivity (Wildman–Crippen MR) is 132 cm³/mol. The van der Waals surface area contributed by atoms with Gasteiger partial charge >= 0.3 is 11.9 Å². The van der Waals surface area contributed by atoms with Gasteiger partial charge in [0.25, 0.3) is 0 Å². The number of benzene rings is 1. The molecule has 1 fully saturated rings. The van der Waals surface area contributed by atoms with Crippen LogP contribution in [-0.4, -0.2) is 86.4 Å². The number of fused-ring (bicyclic) bond motifs is 1. The summed E-state index contributed by atoms with van der Waals surface area (Å²) < 4.78 is 0. The molecule has 4 amide bonds. The Morgan fingerprint density at radius 1 is 1.05 bits per heavy atom. The van der Waals surface area contributed by atoms with Gasteiger partial charge in [-0.1, -0.05) is 18.2 Å². The molecule has 9 N–H and O–H groups in total. The van der Waals surface area contributed by atoms with Crippen LogP contribution in [0.5, 0.6) is 0 Å². The van der Waals surface area contributed by atoms with Crippen LogP contribution < -0.4 is 22.1 Å². The second-order valence-corrected chi connectivity index (χ2v) is 9.09. The molecule has 0 bridgehead atoms. The van der Waals surface area contributed by atoms with Crippen molar-refractivity contribution in [2.24, 2.45) is 11.5 Å².